The summed E-state index contributed by atoms with van der Waals surface area (Å²) >= 11 is 0. The number of hydrogen-bond acceptors (Lipinski definition) is 6. The highest BCUT2D eigenvalue weighted by Crippen LogP contribution is 2.26. The Morgan fingerprint density at radius 1 is 1.59 bits per heavy atom. The molecule has 0 saturated heterocycles. The maximum absolute atomic E-state index is 10.8. The number of aliphatic hydroxyl groups is 3. The number of amides is 1. The second-order valence-corrected chi connectivity index (χ2v) is 3.46. The van der Waals surface area contributed by atoms with Crippen molar-refractivity contribution in [1.29, 1.82) is 0 Å². The first-order valence-corrected chi connectivity index (χ1v) is 4.69. The highest BCUT2D eigenvalue weighted by molar-refractivity contribution is 5.90. The van der Waals surface area contributed by atoms with Gasteiger partial charge in [0.05, 0.1) is 12.8 Å². The monoisotopic (exact) mass is 238 g/mol. The van der Waals surface area contributed by atoms with Crippen LogP contribution < -0.4 is 5.73 Å². The van der Waals surface area contributed by atoms with Crippen molar-refractivity contribution >= 4 is 11.6 Å². The fourth-order valence-corrected chi connectivity index (χ4v) is 1.45. The summed E-state index contributed by atoms with van der Waals surface area (Å²) in [6.07, 6.45) is 1.31. The Morgan fingerprint density at radius 3 is 2.76 bits per heavy atom. The molecule has 1 unspecified atom stereocenters. The van der Waals surface area contributed by atoms with E-state index in [0.29, 0.717) is 0 Å². The number of aliphatic hydroxyl groups excluding tert-OH is 3. The number of carbonyl (C=O) groups is 1. The summed E-state index contributed by atoms with van der Waals surface area (Å²) in [5.74, 6) is -1.11. The Morgan fingerprint density at radius 2 is 2.29 bits per heavy atom. The molecule has 5 N–H and O–H groups in total. The number of allylic oxidation sites excluding steroid dienone is 2. The highest BCUT2D eigenvalue weighted by Gasteiger charge is 2.27. The quantitative estimate of drug-likeness (QED) is 0.500. The molecule has 0 aliphatic heterocycles. The van der Waals surface area contributed by atoms with Gasteiger partial charge in [0.25, 0.3) is 5.91 Å². The first kappa shape index (κ1) is 11.3. The molecule has 2 rings (SSSR count). The molecule has 1 aromatic rings. The lowest BCUT2D eigenvalue weighted by Crippen LogP contribution is -2.13. The summed E-state index contributed by atoms with van der Waals surface area (Å²) < 4.78 is 1.10. The van der Waals surface area contributed by atoms with Crippen molar-refractivity contribution in [2.75, 3.05) is 6.61 Å². The van der Waals surface area contributed by atoms with Gasteiger partial charge < -0.3 is 21.1 Å². The summed E-state index contributed by atoms with van der Waals surface area (Å²) in [7, 11) is 0. The van der Waals surface area contributed by atoms with Crippen LogP contribution in [0.4, 0.5) is 0 Å². The predicted octanol–water partition coefficient (Wildman–Crippen LogP) is -1.60. The molecule has 0 spiro atoms. The molecular weight excluding hydrogens is 228 g/mol. The summed E-state index contributed by atoms with van der Waals surface area (Å²) in [4.78, 5) is 10.8. The molecule has 1 aliphatic carbocycles. The highest BCUT2D eigenvalue weighted by atomic mass is 16.3. The lowest BCUT2D eigenvalue weighted by Gasteiger charge is -2.05. The van der Waals surface area contributed by atoms with Crippen LogP contribution in [0.2, 0.25) is 0 Å². The first-order chi connectivity index (χ1) is 8.04. The zero-order valence-corrected chi connectivity index (χ0v) is 8.61. The van der Waals surface area contributed by atoms with E-state index in [0.717, 1.165) is 4.68 Å². The van der Waals surface area contributed by atoms with Crippen LogP contribution in [0.5, 0.6) is 0 Å². The number of nitrogens with two attached hydrogens (primary N) is 1. The minimum Gasteiger partial charge on any atom is -0.507 e. The summed E-state index contributed by atoms with van der Waals surface area (Å²) in [5, 5.41) is 35.1. The number of primary amides is 1. The van der Waals surface area contributed by atoms with Crippen molar-refractivity contribution in [3.05, 3.63) is 29.3 Å². The average molecular weight is 238 g/mol. The topological polar surface area (TPSA) is 134 Å². The normalized spacial score (nSPS) is 19.6. The number of nitrogens with zero attached hydrogens (tertiary/aromatic N) is 3. The van der Waals surface area contributed by atoms with Gasteiger partial charge in [0, 0.05) is 0 Å². The van der Waals surface area contributed by atoms with Crippen LogP contribution in [0, 0.1) is 0 Å². The molecule has 1 aliphatic rings. The van der Waals surface area contributed by atoms with Gasteiger partial charge in [-0.2, -0.15) is 0 Å². The van der Waals surface area contributed by atoms with Crippen LogP contribution in [-0.4, -0.2) is 48.9 Å². The van der Waals surface area contributed by atoms with Gasteiger partial charge in [-0.1, -0.05) is 5.21 Å². The molecule has 0 aromatic carbocycles. The van der Waals surface area contributed by atoms with Crippen molar-refractivity contribution in [3.63, 3.8) is 0 Å². The van der Waals surface area contributed by atoms with E-state index in [9.17, 15) is 15.0 Å². The zero-order chi connectivity index (χ0) is 12.6. The third-order valence-electron chi connectivity index (χ3n) is 2.37. The molecule has 1 amide bonds. The Bertz CT molecular complexity index is 531. The Balaban J connectivity index is 2.40. The minimum atomic E-state index is -1.27. The van der Waals surface area contributed by atoms with Gasteiger partial charge in [0.15, 0.2) is 11.5 Å². The van der Waals surface area contributed by atoms with E-state index in [2.05, 4.69) is 10.3 Å². The standard InChI is InChI=1S/C9H10N4O4/c10-9(17)5-2-13(12-11-5)6-1-4(3-14)7(15)8(6)16/h1-2,7,14-16H,3H2,(H2,10,17). The second kappa shape index (κ2) is 4.00. The molecule has 0 bridgehead atoms. The van der Waals surface area contributed by atoms with Crippen LogP contribution in [-0.2, 0) is 0 Å². The largest absolute Gasteiger partial charge is 0.507 e. The van der Waals surface area contributed by atoms with Crippen molar-refractivity contribution in [2.45, 2.75) is 6.10 Å². The summed E-state index contributed by atoms with van der Waals surface area (Å²) in [6.45, 7) is -0.397. The van der Waals surface area contributed by atoms with Gasteiger partial charge in [-0.25, -0.2) is 4.68 Å². The van der Waals surface area contributed by atoms with E-state index in [1.54, 1.807) is 0 Å². The first-order valence-electron chi connectivity index (χ1n) is 4.69. The van der Waals surface area contributed by atoms with Crippen LogP contribution in [0.15, 0.2) is 23.6 Å². The maximum Gasteiger partial charge on any atom is 0.270 e. The number of rotatable bonds is 3. The van der Waals surface area contributed by atoms with Crippen molar-refractivity contribution in [1.82, 2.24) is 15.0 Å². The van der Waals surface area contributed by atoms with Gasteiger partial charge in [-0.15, -0.1) is 5.10 Å². The number of hydrogen-bond donors (Lipinski definition) is 4. The fraction of sp³-hybridized carbons (Fsp3) is 0.222. The second-order valence-electron chi connectivity index (χ2n) is 3.46. The molecule has 0 saturated carbocycles. The molecule has 90 valence electrons. The molecule has 0 fully saturated rings. The molecular formula is C9H10N4O4. The lowest BCUT2D eigenvalue weighted by molar-refractivity contribution is 0.0995. The van der Waals surface area contributed by atoms with Gasteiger partial charge in [-0.3, -0.25) is 4.79 Å². The van der Waals surface area contributed by atoms with Crippen molar-refractivity contribution in [2.24, 2.45) is 5.73 Å². The third-order valence-corrected chi connectivity index (χ3v) is 2.37. The van der Waals surface area contributed by atoms with E-state index in [1.807, 2.05) is 0 Å². The molecule has 1 heterocycles. The Hall–Kier alpha value is -2.19. The minimum absolute atomic E-state index is 0.0642. The molecule has 17 heavy (non-hydrogen) atoms. The molecule has 8 nitrogen and oxygen atoms in total. The average Bonchev–Trinajstić information content (AvgIpc) is 2.87. The number of aromatic nitrogens is 3. The van der Waals surface area contributed by atoms with Gasteiger partial charge in [0.1, 0.15) is 11.8 Å². The Kier molecular flexibility index (Phi) is 2.66. The zero-order valence-electron chi connectivity index (χ0n) is 8.61. The number of carbonyl (C=O) groups excluding carboxylic acids is 1. The smallest absolute Gasteiger partial charge is 0.270 e. The maximum atomic E-state index is 10.8. The van der Waals surface area contributed by atoms with E-state index < -0.39 is 18.6 Å². The van der Waals surface area contributed by atoms with Crippen LogP contribution in [0.3, 0.4) is 0 Å². The van der Waals surface area contributed by atoms with Crippen molar-refractivity contribution < 1.29 is 20.1 Å². The fourth-order valence-electron chi connectivity index (χ4n) is 1.45. The molecule has 1 atom stereocenters. The van der Waals surface area contributed by atoms with E-state index in [1.165, 1.54) is 12.3 Å². The van der Waals surface area contributed by atoms with Crippen LogP contribution in [0.25, 0.3) is 5.70 Å². The van der Waals surface area contributed by atoms with Gasteiger partial charge in [-0.05, 0) is 11.6 Å². The van der Waals surface area contributed by atoms with Gasteiger partial charge in [0.2, 0.25) is 0 Å². The lowest BCUT2D eigenvalue weighted by atomic mass is 10.2. The summed E-state index contributed by atoms with van der Waals surface area (Å²) in [6, 6.07) is 0. The van der Waals surface area contributed by atoms with Crippen molar-refractivity contribution in [3.8, 4) is 0 Å². The molecule has 8 heteroatoms. The Labute approximate surface area is 95.3 Å². The summed E-state index contributed by atoms with van der Waals surface area (Å²) in [5.41, 5.74) is 5.31. The van der Waals surface area contributed by atoms with E-state index >= 15 is 0 Å². The molecule has 1 aromatic heterocycles. The van der Waals surface area contributed by atoms with E-state index in [4.69, 9.17) is 10.8 Å². The SMILES string of the molecule is NC(=O)c1cn(C2=C(O)C(O)C(CO)=C2)nn1. The van der Waals surface area contributed by atoms with Gasteiger partial charge >= 0.3 is 0 Å². The predicted molar refractivity (Wildman–Crippen MR) is 55.6 cm³/mol. The van der Waals surface area contributed by atoms with E-state index in [-0.39, 0.29) is 22.7 Å². The van der Waals surface area contributed by atoms with Crippen LogP contribution in [0.1, 0.15) is 10.5 Å². The molecule has 0 radical (unpaired) electrons. The van der Waals surface area contributed by atoms with Crippen LogP contribution >= 0.6 is 0 Å². The third kappa shape index (κ3) is 1.79.